The predicted molar refractivity (Wildman–Crippen MR) is 139 cm³/mol. The average Bonchev–Trinajstić information content (AvgIpc) is 3.27. The molecule has 15 nitrogen and oxygen atoms in total. The largest absolute Gasteiger partial charge is 0.508 e. The lowest BCUT2D eigenvalue weighted by atomic mass is 9.99. The van der Waals surface area contributed by atoms with Crippen molar-refractivity contribution in [2.45, 2.75) is 48.7 Å². The Balaban J connectivity index is 1.40. The fraction of sp³-hybridized carbons (Fsp3) is 0.444. The number of rotatable bonds is 8. The lowest BCUT2D eigenvalue weighted by Gasteiger charge is -2.40. The van der Waals surface area contributed by atoms with Crippen LogP contribution in [0.3, 0.4) is 0 Å². The summed E-state index contributed by atoms with van der Waals surface area (Å²) in [7, 11) is 1.19. The summed E-state index contributed by atoms with van der Waals surface area (Å²) >= 11 is 0. The number of ether oxygens (including phenoxy) is 5. The quantitative estimate of drug-likeness (QED) is 0.148. The maximum atomic E-state index is 13.3. The zero-order valence-corrected chi connectivity index (χ0v) is 22.1. The molecule has 228 valence electrons. The second kappa shape index (κ2) is 11.6. The lowest BCUT2D eigenvalue weighted by molar-refractivity contribution is -0.289. The van der Waals surface area contributed by atoms with Crippen molar-refractivity contribution in [3.8, 4) is 34.1 Å². The van der Waals surface area contributed by atoms with Gasteiger partial charge in [-0.15, -0.1) is 0 Å². The molecule has 0 unspecified atom stereocenters. The second-order valence-corrected chi connectivity index (χ2v) is 10.0. The third-order valence-electron chi connectivity index (χ3n) is 7.26. The summed E-state index contributed by atoms with van der Waals surface area (Å²) in [4.78, 5) is 13.3. The van der Waals surface area contributed by atoms with Crippen molar-refractivity contribution in [1.82, 2.24) is 0 Å². The number of benzene rings is 2. The number of methoxy groups -OCH3 is 1. The molecule has 0 bridgehead atoms. The first-order valence-electron chi connectivity index (χ1n) is 12.7. The molecular weight excluding hydrogens is 564 g/mol. The highest BCUT2D eigenvalue weighted by Crippen LogP contribution is 2.43. The number of aliphatic hydroxyl groups is 6. The number of aliphatic hydroxyl groups excluding tert-OH is 5. The molecular formula is C27H30O15. The number of aromatic hydroxyl groups is 2. The minimum atomic E-state index is -1.95. The molecule has 0 saturated carbocycles. The van der Waals surface area contributed by atoms with Gasteiger partial charge in [0.15, 0.2) is 17.8 Å². The highest BCUT2D eigenvalue weighted by atomic mass is 16.7. The van der Waals surface area contributed by atoms with E-state index in [9.17, 15) is 45.6 Å². The van der Waals surface area contributed by atoms with E-state index >= 15 is 0 Å². The summed E-state index contributed by atoms with van der Waals surface area (Å²) in [5, 5.41) is 81.3. The molecule has 2 aliphatic heterocycles. The first-order valence-corrected chi connectivity index (χ1v) is 12.7. The van der Waals surface area contributed by atoms with Gasteiger partial charge in [0.05, 0.1) is 32.5 Å². The molecule has 3 heterocycles. The topological polar surface area (TPSA) is 238 Å². The van der Waals surface area contributed by atoms with Crippen LogP contribution in [0.4, 0.5) is 0 Å². The van der Waals surface area contributed by atoms with Crippen molar-refractivity contribution in [3.05, 3.63) is 46.8 Å². The molecule has 2 saturated heterocycles. The van der Waals surface area contributed by atoms with Gasteiger partial charge in [0.2, 0.25) is 17.5 Å². The van der Waals surface area contributed by atoms with Gasteiger partial charge < -0.3 is 69.0 Å². The molecule has 3 aromatic rings. The van der Waals surface area contributed by atoms with E-state index < -0.39 is 79.7 Å². The van der Waals surface area contributed by atoms with Crippen LogP contribution in [0.1, 0.15) is 0 Å². The number of phenols is 2. The molecule has 8 N–H and O–H groups in total. The van der Waals surface area contributed by atoms with Gasteiger partial charge in [-0.05, 0) is 17.7 Å². The summed E-state index contributed by atoms with van der Waals surface area (Å²) in [6.45, 7) is -1.73. The molecule has 1 aromatic heterocycles. The predicted octanol–water partition coefficient (Wildman–Crippen LogP) is -1.48. The zero-order valence-electron chi connectivity index (χ0n) is 22.1. The van der Waals surface area contributed by atoms with Crippen molar-refractivity contribution >= 4 is 11.0 Å². The van der Waals surface area contributed by atoms with Gasteiger partial charge in [0, 0.05) is 6.07 Å². The van der Waals surface area contributed by atoms with E-state index in [-0.39, 0.29) is 33.8 Å². The van der Waals surface area contributed by atoms with E-state index in [0.29, 0.717) is 5.56 Å². The number of fused-ring (bicyclic) bond motifs is 1. The van der Waals surface area contributed by atoms with Gasteiger partial charge in [0.25, 0.3) is 0 Å². The Labute approximate surface area is 236 Å². The monoisotopic (exact) mass is 594 g/mol. The van der Waals surface area contributed by atoms with Crippen LogP contribution in [0, 0.1) is 0 Å². The summed E-state index contributed by atoms with van der Waals surface area (Å²) in [6.07, 6.45) is -10.2. The standard InChI is InChI=1S/C27H30O15/c1-37-23-15(6-14-17(20(23)32)18(30)13(7-38-14)11-2-4-12(29)5-3-11)41-25-22(34)21(33)19(31)16(42-25)8-39-26-24(35)27(36,9-28)10-40-26/h2-7,16,19,21-22,24-26,28-29,31-36H,8-10H2,1H3/t16-,19-,21+,22-,24+,25+,26-,27-/m1/s1. The average molecular weight is 595 g/mol. The van der Waals surface area contributed by atoms with Crippen molar-refractivity contribution in [1.29, 1.82) is 0 Å². The SMILES string of the molecule is COc1c(O[C@H]2O[C@H](CO[C@@H]3OC[C@](O)(CO)[C@H]3O)[C@@H](O)[C@H](O)[C@H]2O)cc2occ(-c3ccc(O)cc3)c(=O)c2c1O. The van der Waals surface area contributed by atoms with E-state index in [0.717, 1.165) is 6.26 Å². The third kappa shape index (κ3) is 5.26. The van der Waals surface area contributed by atoms with Crippen LogP contribution in [-0.2, 0) is 14.2 Å². The van der Waals surface area contributed by atoms with E-state index in [1.54, 1.807) is 0 Å². The highest BCUT2D eigenvalue weighted by molar-refractivity contribution is 5.91. The molecule has 0 spiro atoms. The number of hydrogen-bond acceptors (Lipinski definition) is 15. The van der Waals surface area contributed by atoms with Crippen LogP contribution >= 0.6 is 0 Å². The van der Waals surface area contributed by atoms with Crippen LogP contribution < -0.4 is 14.9 Å². The van der Waals surface area contributed by atoms with Crippen LogP contribution in [0.25, 0.3) is 22.1 Å². The first-order chi connectivity index (χ1) is 20.0. The summed E-state index contributed by atoms with van der Waals surface area (Å²) in [5.74, 6) is -1.23. The maximum absolute atomic E-state index is 13.3. The Morgan fingerprint density at radius 1 is 1.02 bits per heavy atom. The molecule has 42 heavy (non-hydrogen) atoms. The Morgan fingerprint density at radius 2 is 1.74 bits per heavy atom. The van der Waals surface area contributed by atoms with Crippen LogP contribution in [0.15, 0.2) is 45.8 Å². The van der Waals surface area contributed by atoms with E-state index in [2.05, 4.69) is 0 Å². The normalized spacial score (nSPS) is 31.4. The number of hydrogen-bond donors (Lipinski definition) is 8. The summed E-state index contributed by atoms with van der Waals surface area (Å²) in [6, 6.07) is 6.95. The van der Waals surface area contributed by atoms with Gasteiger partial charge in [0.1, 0.15) is 59.1 Å². The molecule has 0 amide bonds. The minimum Gasteiger partial charge on any atom is -0.508 e. The second-order valence-electron chi connectivity index (χ2n) is 10.0. The fourth-order valence-electron chi connectivity index (χ4n) is 4.75. The van der Waals surface area contributed by atoms with Crippen molar-refractivity contribution in [3.63, 3.8) is 0 Å². The Morgan fingerprint density at radius 3 is 2.38 bits per heavy atom. The van der Waals surface area contributed by atoms with E-state index in [4.69, 9.17) is 28.1 Å². The van der Waals surface area contributed by atoms with Gasteiger partial charge >= 0.3 is 0 Å². The van der Waals surface area contributed by atoms with Gasteiger partial charge in [-0.3, -0.25) is 4.79 Å². The third-order valence-corrected chi connectivity index (χ3v) is 7.26. The van der Waals surface area contributed by atoms with Crippen molar-refractivity contribution in [2.75, 3.05) is 26.9 Å². The van der Waals surface area contributed by atoms with Crippen molar-refractivity contribution in [2.24, 2.45) is 0 Å². The fourth-order valence-corrected chi connectivity index (χ4v) is 4.75. The van der Waals surface area contributed by atoms with Gasteiger partial charge in [-0.1, -0.05) is 12.1 Å². The van der Waals surface area contributed by atoms with E-state index in [1.165, 1.54) is 37.4 Å². The molecule has 2 aromatic carbocycles. The molecule has 0 aliphatic carbocycles. The van der Waals surface area contributed by atoms with Crippen LogP contribution in [-0.4, -0.2) is 116 Å². The Bertz CT molecular complexity index is 1470. The highest BCUT2D eigenvalue weighted by Gasteiger charge is 2.50. The summed E-state index contributed by atoms with van der Waals surface area (Å²) < 4.78 is 32.7. The Kier molecular flexibility index (Phi) is 8.30. The molecule has 2 aliphatic rings. The van der Waals surface area contributed by atoms with Crippen molar-refractivity contribution < 1.29 is 69.0 Å². The molecule has 2 fully saturated rings. The van der Waals surface area contributed by atoms with Gasteiger partial charge in [-0.2, -0.15) is 0 Å². The molecule has 5 rings (SSSR count). The molecule has 15 heteroatoms. The zero-order chi connectivity index (χ0) is 30.3. The summed E-state index contributed by atoms with van der Waals surface area (Å²) in [5.41, 5.74) is -2.18. The Hall–Kier alpha value is -3.51. The molecule has 8 atom stereocenters. The van der Waals surface area contributed by atoms with Crippen LogP contribution in [0.2, 0.25) is 0 Å². The maximum Gasteiger partial charge on any atom is 0.229 e. The van der Waals surface area contributed by atoms with Gasteiger partial charge in [-0.25, -0.2) is 0 Å². The smallest absolute Gasteiger partial charge is 0.229 e. The molecule has 0 radical (unpaired) electrons. The van der Waals surface area contributed by atoms with Crippen LogP contribution in [0.5, 0.6) is 23.0 Å². The number of phenolic OH excluding ortho intramolecular Hbond substituents is 2. The first kappa shape index (κ1) is 30.0. The van der Waals surface area contributed by atoms with E-state index in [1.807, 2.05) is 0 Å². The lowest BCUT2D eigenvalue weighted by Crippen LogP contribution is -2.60. The minimum absolute atomic E-state index is 0.00728.